The van der Waals surface area contributed by atoms with E-state index in [4.69, 9.17) is 16.3 Å². The van der Waals surface area contributed by atoms with E-state index in [2.05, 4.69) is 5.32 Å². The average molecular weight is 376 g/mol. The molecule has 0 aliphatic carbocycles. The smallest absolute Gasteiger partial charge is 0.331 e. The predicted octanol–water partition coefficient (Wildman–Crippen LogP) is 4.68. The van der Waals surface area contributed by atoms with Crippen LogP contribution in [0, 0.1) is 19.7 Å². The van der Waals surface area contributed by atoms with Gasteiger partial charge in [-0.2, -0.15) is 0 Å². The SMILES string of the molecule is Cc1ccc(NC(=O)[C@H](C)OC(=O)/C=C/c2c(F)cccc2Cl)c(C)c1. The van der Waals surface area contributed by atoms with E-state index in [1.165, 1.54) is 31.2 Å². The van der Waals surface area contributed by atoms with Gasteiger partial charge in [0.15, 0.2) is 6.10 Å². The maximum absolute atomic E-state index is 13.6. The van der Waals surface area contributed by atoms with Crippen molar-refractivity contribution in [2.75, 3.05) is 5.32 Å². The maximum Gasteiger partial charge on any atom is 0.331 e. The van der Waals surface area contributed by atoms with Crippen LogP contribution in [0.4, 0.5) is 10.1 Å². The molecule has 0 bridgehead atoms. The molecule has 2 rings (SSSR count). The lowest BCUT2D eigenvalue weighted by Crippen LogP contribution is -2.29. The van der Waals surface area contributed by atoms with E-state index in [1.54, 1.807) is 6.07 Å². The fourth-order valence-corrected chi connectivity index (χ4v) is 2.50. The maximum atomic E-state index is 13.6. The minimum absolute atomic E-state index is 0.0819. The highest BCUT2D eigenvalue weighted by Crippen LogP contribution is 2.20. The number of carbonyl (C=O) groups excluding carboxylic acids is 2. The zero-order chi connectivity index (χ0) is 19.3. The molecule has 1 N–H and O–H groups in total. The fraction of sp³-hybridized carbons (Fsp3) is 0.200. The van der Waals surface area contributed by atoms with Crippen LogP contribution in [0.1, 0.15) is 23.6 Å². The third-order valence-electron chi connectivity index (χ3n) is 3.69. The monoisotopic (exact) mass is 375 g/mol. The normalized spacial score (nSPS) is 12.0. The van der Waals surface area contributed by atoms with Gasteiger partial charge < -0.3 is 10.1 Å². The van der Waals surface area contributed by atoms with Gasteiger partial charge in [0.05, 0.1) is 5.02 Å². The van der Waals surface area contributed by atoms with Crippen LogP contribution in [0.5, 0.6) is 0 Å². The minimum atomic E-state index is -1.01. The van der Waals surface area contributed by atoms with Crippen LogP contribution in [0.3, 0.4) is 0 Å². The van der Waals surface area contributed by atoms with Crippen molar-refractivity contribution < 1.29 is 18.7 Å². The number of carbonyl (C=O) groups is 2. The highest BCUT2D eigenvalue weighted by atomic mass is 35.5. The van der Waals surface area contributed by atoms with Crippen molar-refractivity contribution in [3.8, 4) is 0 Å². The van der Waals surface area contributed by atoms with Crippen LogP contribution < -0.4 is 5.32 Å². The molecule has 0 fully saturated rings. The number of amides is 1. The lowest BCUT2D eigenvalue weighted by Gasteiger charge is -2.14. The summed E-state index contributed by atoms with van der Waals surface area (Å²) in [6.07, 6.45) is 1.24. The first-order valence-electron chi connectivity index (χ1n) is 7.98. The lowest BCUT2D eigenvalue weighted by molar-refractivity contribution is -0.148. The molecule has 2 aromatic rings. The summed E-state index contributed by atoms with van der Waals surface area (Å²) in [5.41, 5.74) is 2.72. The van der Waals surface area contributed by atoms with Crippen LogP contribution in [-0.2, 0) is 14.3 Å². The van der Waals surface area contributed by atoms with Crippen LogP contribution in [-0.4, -0.2) is 18.0 Å². The van der Waals surface area contributed by atoms with Gasteiger partial charge in [0, 0.05) is 17.3 Å². The first-order valence-corrected chi connectivity index (χ1v) is 8.36. The van der Waals surface area contributed by atoms with Crippen molar-refractivity contribution >= 4 is 35.2 Å². The molecule has 0 aliphatic rings. The van der Waals surface area contributed by atoms with Gasteiger partial charge in [-0.1, -0.05) is 35.4 Å². The number of aryl methyl sites for hydroxylation is 2. The number of rotatable bonds is 5. The summed E-state index contributed by atoms with van der Waals surface area (Å²) >= 11 is 5.88. The lowest BCUT2D eigenvalue weighted by atomic mass is 10.1. The van der Waals surface area contributed by atoms with Crippen molar-refractivity contribution in [1.29, 1.82) is 0 Å². The molecule has 1 atom stereocenters. The Labute approximate surface area is 156 Å². The Morgan fingerprint density at radius 1 is 1.23 bits per heavy atom. The number of halogens is 2. The molecule has 2 aromatic carbocycles. The summed E-state index contributed by atoms with van der Waals surface area (Å²) in [7, 11) is 0. The van der Waals surface area contributed by atoms with E-state index in [-0.39, 0.29) is 10.6 Å². The number of nitrogens with one attached hydrogen (secondary N) is 1. The van der Waals surface area contributed by atoms with Crippen molar-refractivity contribution in [2.45, 2.75) is 26.9 Å². The molecule has 0 unspecified atom stereocenters. The second-order valence-corrected chi connectivity index (χ2v) is 6.26. The van der Waals surface area contributed by atoms with Gasteiger partial charge in [0.1, 0.15) is 5.82 Å². The van der Waals surface area contributed by atoms with Crippen LogP contribution in [0.25, 0.3) is 6.08 Å². The van der Waals surface area contributed by atoms with Crippen molar-refractivity contribution in [2.24, 2.45) is 0 Å². The molecular formula is C20H19ClFNO3. The fourth-order valence-electron chi connectivity index (χ4n) is 2.28. The molecular weight excluding hydrogens is 357 g/mol. The van der Waals surface area contributed by atoms with E-state index >= 15 is 0 Å². The molecule has 0 saturated carbocycles. The summed E-state index contributed by atoms with van der Waals surface area (Å²) in [4.78, 5) is 24.0. The van der Waals surface area contributed by atoms with Gasteiger partial charge in [-0.05, 0) is 50.6 Å². The molecule has 26 heavy (non-hydrogen) atoms. The summed E-state index contributed by atoms with van der Waals surface area (Å²) in [6, 6.07) is 9.81. The first kappa shape index (κ1) is 19.7. The number of ether oxygens (including phenoxy) is 1. The number of esters is 1. The van der Waals surface area contributed by atoms with Gasteiger partial charge in [-0.15, -0.1) is 0 Å². The molecule has 0 aliphatic heterocycles. The van der Waals surface area contributed by atoms with Crippen molar-refractivity contribution in [3.05, 3.63) is 70.0 Å². The summed E-state index contributed by atoms with van der Waals surface area (Å²) < 4.78 is 18.7. The highest BCUT2D eigenvalue weighted by Gasteiger charge is 2.17. The molecule has 136 valence electrons. The van der Waals surface area contributed by atoms with Crippen LogP contribution in [0.15, 0.2) is 42.5 Å². The Morgan fingerprint density at radius 2 is 1.96 bits per heavy atom. The minimum Gasteiger partial charge on any atom is -0.449 e. The molecule has 1 amide bonds. The van der Waals surface area contributed by atoms with E-state index in [0.717, 1.165) is 17.2 Å². The number of hydrogen-bond acceptors (Lipinski definition) is 3. The zero-order valence-corrected chi connectivity index (χ0v) is 15.4. The molecule has 0 saturated heterocycles. The standard InChI is InChI=1S/C20H19ClFNO3/c1-12-7-9-18(13(2)11-12)23-20(25)14(3)26-19(24)10-8-15-16(21)5-4-6-17(15)22/h4-11,14H,1-3H3,(H,23,25)/b10-8+/t14-/m0/s1. The number of anilines is 1. The average Bonchev–Trinajstić information content (AvgIpc) is 2.56. The Balaban J connectivity index is 1.97. The summed E-state index contributed by atoms with van der Waals surface area (Å²) in [5.74, 6) is -1.78. The largest absolute Gasteiger partial charge is 0.449 e. The van der Waals surface area contributed by atoms with Gasteiger partial charge in [-0.3, -0.25) is 4.79 Å². The second-order valence-electron chi connectivity index (χ2n) is 5.86. The number of benzene rings is 2. The Bertz CT molecular complexity index is 844. The van der Waals surface area contributed by atoms with Crippen LogP contribution >= 0.6 is 11.6 Å². The topological polar surface area (TPSA) is 55.4 Å². The van der Waals surface area contributed by atoms with Gasteiger partial charge in [-0.25, -0.2) is 9.18 Å². The highest BCUT2D eigenvalue weighted by molar-refractivity contribution is 6.32. The molecule has 0 radical (unpaired) electrons. The molecule has 4 nitrogen and oxygen atoms in total. The molecule has 0 aromatic heterocycles. The predicted molar refractivity (Wildman–Crippen MR) is 101 cm³/mol. The molecule has 6 heteroatoms. The molecule has 0 spiro atoms. The Morgan fingerprint density at radius 3 is 2.62 bits per heavy atom. The summed E-state index contributed by atoms with van der Waals surface area (Å²) in [6.45, 7) is 5.29. The number of hydrogen-bond donors (Lipinski definition) is 1. The second kappa shape index (κ2) is 8.63. The van der Waals surface area contributed by atoms with Crippen molar-refractivity contribution in [3.63, 3.8) is 0 Å². The van der Waals surface area contributed by atoms with Crippen molar-refractivity contribution in [1.82, 2.24) is 0 Å². The third-order valence-corrected chi connectivity index (χ3v) is 4.02. The van der Waals surface area contributed by atoms with E-state index in [1.807, 2.05) is 26.0 Å². The van der Waals surface area contributed by atoms with E-state index < -0.39 is 23.8 Å². The quantitative estimate of drug-likeness (QED) is 0.609. The zero-order valence-electron chi connectivity index (χ0n) is 14.7. The first-order chi connectivity index (χ1) is 12.3. The third kappa shape index (κ3) is 5.17. The van der Waals surface area contributed by atoms with E-state index in [0.29, 0.717) is 5.69 Å². The van der Waals surface area contributed by atoms with Gasteiger partial charge in [0.2, 0.25) is 0 Å². The van der Waals surface area contributed by atoms with E-state index in [9.17, 15) is 14.0 Å². The Hall–Kier alpha value is -2.66. The summed E-state index contributed by atoms with van der Waals surface area (Å²) in [5, 5.41) is 2.89. The Kier molecular flexibility index (Phi) is 6.52. The van der Waals surface area contributed by atoms with Gasteiger partial charge in [0.25, 0.3) is 5.91 Å². The molecule has 0 heterocycles. The van der Waals surface area contributed by atoms with Crippen LogP contribution in [0.2, 0.25) is 5.02 Å². The van der Waals surface area contributed by atoms with Gasteiger partial charge >= 0.3 is 5.97 Å².